The average Bonchev–Trinajstić information content (AvgIpc) is 2.83. The lowest BCUT2D eigenvalue weighted by molar-refractivity contribution is 0.0103. The van der Waals surface area contributed by atoms with Crippen molar-refractivity contribution in [2.24, 2.45) is 0 Å². The maximum atomic E-state index is 8.72. The number of nitrogens with one attached hydrogen (secondary N) is 1. The summed E-state index contributed by atoms with van der Waals surface area (Å²) in [6.07, 6.45) is 2.61. The normalized spacial score (nSPS) is 17.5. The van der Waals surface area contributed by atoms with Gasteiger partial charge in [0.2, 0.25) is 0 Å². The Kier molecular flexibility index (Phi) is 4.87. The van der Waals surface area contributed by atoms with E-state index >= 15 is 0 Å². The quantitative estimate of drug-likeness (QED) is 0.665. The van der Waals surface area contributed by atoms with Gasteiger partial charge in [0, 0.05) is 32.4 Å². The van der Waals surface area contributed by atoms with Crippen LogP contribution in [0, 0.1) is 0 Å². The summed E-state index contributed by atoms with van der Waals surface area (Å²) >= 11 is 0. The molecule has 0 radical (unpaired) electrons. The molecule has 0 bridgehead atoms. The van der Waals surface area contributed by atoms with Crippen LogP contribution in [0.15, 0.2) is 6.20 Å². The molecule has 1 saturated heterocycles. The van der Waals surface area contributed by atoms with Crippen LogP contribution < -0.4 is 5.43 Å². The Morgan fingerprint density at radius 1 is 1.41 bits per heavy atom. The zero-order valence-electron chi connectivity index (χ0n) is 9.88. The highest BCUT2D eigenvalue weighted by Gasteiger charge is 2.10. The van der Waals surface area contributed by atoms with Gasteiger partial charge in [-0.25, -0.2) is 10.4 Å². The average molecular weight is 241 g/mol. The van der Waals surface area contributed by atoms with Gasteiger partial charge in [0.25, 0.3) is 0 Å². The smallest absolute Gasteiger partial charge is 0.0979 e. The molecule has 7 heteroatoms. The van der Waals surface area contributed by atoms with Crippen molar-refractivity contribution < 1.29 is 9.84 Å². The number of aromatic nitrogens is 3. The van der Waals surface area contributed by atoms with Gasteiger partial charge in [0.1, 0.15) is 0 Å². The van der Waals surface area contributed by atoms with Crippen molar-refractivity contribution in [3.8, 4) is 0 Å². The predicted molar refractivity (Wildman–Crippen MR) is 61.0 cm³/mol. The number of nitrogens with zero attached hydrogens (tertiary/aromatic N) is 4. The SMILES string of the molecule is OCCCn1cc(CNN2CCOCC2)nn1. The van der Waals surface area contributed by atoms with Gasteiger partial charge in [-0.3, -0.25) is 4.68 Å². The topological polar surface area (TPSA) is 75.4 Å². The number of morpholine rings is 1. The molecule has 1 aromatic heterocycles. The van der Waals surface area contributed by atoms with Crippen molar-refractivity contribution in [1.29, 1.82) is 0 Å². The summed E-state index contributed by atoms with van der Waals surface area (Å²) in [5.41, 5.74) is 4.21. The second kappa shape index (κ2) is 6.65. The molecule has 2 rings (SSSR count). The maximum absolute atomic E-state index is 8.72. The molecule has 0 saturated carbocycles. The highest BCUT2D eigenvalue weighted by molar-refractivity contribution is 4.91. The fourth-order valence-electron chi connectivity index (χ4n) is 1.68. The summed E-state index contributed by atoms with van der Waals surface area (Å²) in [6.45, 7) is 4.92. The van der Waals surface area contributed by atoms with Gasteiger partial charge in [-0.15, -0.1) is 5.10 Å². The molecule has 1 aromatic rings. The fraction of sp³-hybridized carbons (Fsp3) is 0.800. The van der Waals surface area contributed by atoms with E-state index < -0.39 is 0 Å². The molecule has 0 spiro atoms. The van der Waals surface area contributed by atoms with Crippen molar-refractivity contribution in [3.63, 3.8) is 0 Å². The lowest BCUT2D eigenvalue weighted by Crippen LogP contribution is -2.45. The molecule has 2 heterocycles. The molecule has 96 valence electrons. The summed E-state index contributed by atoms with van der Waals surface area (Å²) in [5, 5.41) is 18.9. The number of hydrogen-bond donors (Lipinski definition) is 2. The summed E-state index contributed by atoms with van der Waals surface area (Å²) in [4.78, 5) is 0. The molecule has 0 aromatic carbocycles. The summed E-state index contributed by atoms with van der Waals surface area (Å²) in [5.74, 6) is 0. The summed E-state index contributed by atoms with van der Waals surface area (Å²) in [7, 11) is 0. The van der Waals surface area contributed by atoms with E-state index in [1.54, 1.807) is 4.68 Å². The largest absolute Gasteiger partial charge is 0.396 e. The third-order valence-corrected chi connectivity index (χ3v) is 2.63. The van der Waals surface area contributed by atoms with E-state index in [0.29, 0.717) is 19.5 Å². The first kappa shape index (κ1) is 12.4. The van der Waals surface area contributed by atoms with Crippen LogP contribution in [0.3, 0.4) is 0 Å². The Labute approximate surface area is 100 Å². The number of hydrogen-bond acceptors (Lipinski definition) is 6. The van der Waals surface area contributed by atoms with E-state index in [9.17, 15) is 0 Å². The van der Waals surface area contributed by atoms with Crippen LogP contribution in [-0.2, 0) is 17.8 Å². The van der Waals surface area contributed by atoms with Crippen LogP contribution in [0.1, 0.15) is 12.1 Å². The second-order valence-corrected chi connectivity index (χ2v) is 3.98. The van der Waals surface area contributed by atoms with Crippen LogP contribution in [0.4, 0.5) is 0 Å². The Bertz CT molecular complexity index is 324. The molecule has 1 fully saturated rings. The Morgan fingerprint density at radius 3 is 3.00 bits per heavy atom. The van der Waals surface area contributed by atoms with Gasteiger partial charge in [0.15, 0.2) is 0 Å². The summed E-state index contributed by atoms with van der Waals surface area (Å²) in [6, 6.07) is 0. The van der Waals surface area contributed by atoms with Crippen LogP contribution in [-0.4, -0.2) is 58.0 Å². The number of rotatable bonds is 6. The highest BCUT2D eigenvalue weighted by atomic mass is 16.5. The molecule has 2 N–H and O–H groups in total. The molecular formula is C10H19N5O2. The molecule has 1 aliphatic heterocycles. The third kappa shape index (κ3) is 4.04. The second-order valence-electron chi connectivity index (χ2n) is 3.98. The first-order valence-electron chi connectivity index (χ1n) is 5.94. The Balaban J connectivity index is 1.72. The van der Waals surface area contributed by atoms with E-state index in [4.69, 9.17) is 9.84 Å². The van der Waals surface area contributed by atoms with Crippen molar-refractivity contribution >= 4 is 0 Å². The van der Waals surface area contributed by atoms with E-state index in [0.717, 1.165) is 32.0 Å². The third-order valence-electron chi connectivity index (χ3n) is 2.63. The van der Waals surface area contributed by atoms with Gasteiger partial charge in [-0.1, -0.05) is 5.21 Å². The molecule has 0 atom stereocenters. The predicted octanol–water partition coefficient (Wildman–Crippen LogP) is -1.00. The minimum atomic E-state index is 0.182. The zero-order chi connectivity index (χ0) is 11.9. The van der Waals surface area contributed by atoms with E-state index in [2.05, 4.69) is 20.7 Å². The minimum Gasteiger partial charge on any atom is -0.396 e. The van der Waals surface area contributed by atoms with Crippen molar-refractivity contribution in [2.45, 2.75) is 19.5 Å². The van der Waals surface area contributed by atoms with Gasteiger partial charge in [0.05, 0.1) is 25.5 Å². The van der Waals surface area contributed by atoms with E-state index in [1.807, 2.05) is 6.20 Å². The zero-order valence-corrected chi connectivity index (χ0v) is 9.88. The molecular weight excluding hydrogens is 222 g/mol. The molecule has 17 heavy (non-hydrogen) atoms. The number of aryl methyl sites for hydroxylation is 1. The van der Waals surface area contributed by atoms with Crippen LogP contribution in [0.2, 0.25) is 0 Å². The standard InChI is InChI=1S/C10H19N5O2/c16-5-1-2-15-9-10(12-13-15)8-11-14-3-6-17-7-4-14/h9,11,16H,1-8H2. The minimum absolute atomic E-state index is 0.182. The molecule has 1 aliphatic rings. The van der Waals surface area contributed by atoms with Gasteiger partial charge in [-0.05, 0) is 6.42 Å². The fourth-order valence-corrected chi connectivity index (χ4v) is 1.68. The van der Waals surface area contributed by atoms with Crippen molar-refractivity contribution in [3.05, 3.63) is 11.9 Å². The summed E-state index contributed by atoms with van der Waals surface area (Å²) < 4.78 is 7.02. The van der Waals surface area contributed by atoms with Gasteiger partial charge < -0.3 is 9.84 Å². The van der Waals surface area contributed by atoms with Crippen LogP contribution in [0.5, 0.6) is 0 Å². The van der Waals surface area contributed by atoms with E-state index in [1.165, 1.54) is 0 Å². The highest BCUT2D eigenvalue weighted by Crippen LogP contribution is 1.97. The Hall–Kier alpha value is -1.02. The maximum Gasteiger partial charge on any atom is 0.0979 e. The molecule has 7 nitrogen and oxygen atoms in total. The van der Waals surface area contributed by atoms with Crippen LogP contribution >= 0.6 is 0 Å². The van der Waals surface area contributed by atoms with Crippen LogP contribution in [0.25, 0.3) is 0 Å². The lowest BCUT2D eigenvalue weighted by atomic mass is 10.4. The Morgan fingerprint density at radius 2 is 2.24 bits per heavy atom. The first-order chi connectivity index (χ1) is 8.38. The number of hydrazine groups is 1. The monoisotopic (exact) mass is 241 g/mol. The number of aliphatic hydroxyl groups is 1. The molecule has 0 amide bonds. The van der Waals surface area contributed by atoms with Crippen molar-refractivity contribution in [1.82, 2.24) is 25.4 Å². The number of aliphatic hydroxyl groups excluding tert-OH is 1. The number of ether oxygens (including phenoxy) is 1. The van der Waals surface area contributed by atoms with Gasteiger partial charge in [-0.2, -0.15) is 0 Å². The van der Waals surface area contributed by atoms with E-state index in [-0.39, 0.29) is 6.61 Å². The van der Waals surface area contributed by atoms with Crippen molar-refractivity contribution in [2.75, 3.05) is 32.9 Å². The molecule has 0 unspecified atom stereocenters. The first-order valence-corrected chi connectivity index (χ1v) is 5.94. The molecule has 0 aliphatic carbocycles. The lowest BCUT2D eigenvalue weighted by Gasteiger charge is -2.26. The van der Waals surface area contributed by atoms with Gasteiger partial charge >= 0.3 is 0 Å².